The average Bonchev–Trinajstić information content (AvgIpc) is 1.62. The smallest absolute Gasteiger partial charge is 0.410 e. The van der Waals surface area contributed by atoms with Gasteiger partial charge in [-0.1, -0.05) is 74.3 Å². The number of imidazole rings is 3. The molecule has 15 aromatic rings. The number of anilines is 3. The number of carboxylic acid groups (broad SMARTS) is 1. The number of amides is 6. The summed E-state index contributed by atoms with van der Waals surface area (Å²) in [4.78, 5) is 148. The molecule has 2 saturated heterocycles. The summed E-state index contributed by atoms with van der Waals surface area (Å²) in [6, 6.07) is 37.2. The monoisotopic (exact) mass is 1960 g/mol. The third kappa shape index (κ3) is 23.8. The molecule has 0 bridgehead atoms. The number of nitrogens with two attached hydrogens (primary N) is 2. The number of thiazole rings is 4. The number of carbonyl (C=O) groups excluding carboxylic acids is 8. The number of nitrogens with zero attached hydrogens (tertiary/aromatic N) is 11. The highest BCUT2D eigenvalue weighted by molar-refractivity contribution is 9.09. The molecule has 0 spiro atoms. The number of alkyl halides is 1. The van der Waals surface area contributed by atoms with Gasteiger partial charge in [-0.2, -0.15) is 0 Å². The fourth-order valence-corrected chi connectivity index (χ4v) is 18.1. The molecule has 33 nitrogen and oxygen atoms in total. The molecule has 9 heterocycles. The molecule has 2 aliphatic heterocycles. The van der Waals surface area contributed by atoms with Crippen LogP contribution < -0.4 is 32.7 Å². The van der Waals surface area contributed by atoms with Gasteiger partial charge >= 0.3 is 18.2 Å². The second-order valence-electron chi connectivity index (χ2n) is 32.1. The summed E-state index contributed by atoms with van der Waals surface area (Å²) in [6.45, 7) is 14.5. The van der Waals surface area contributed by atoms with Crippen LogP contribution in [0.3, 0.4) is 0 Å². The highest BCUT2D eigenvalue weighted by atomic mass is 79.9. The minimum Gasteiger partial charge on any atom is -0.481 e. The van der Waals surface area contributed by atoms with Crippen LogP contribution in [0.15, 0.2) is 164 Å². The Balaban J connectivity index is 0.000000150. The normalized spacial score (nSPS) is 12.8. The van der Waals surface area contributed by atoms with Gasteiger partial charge in [0.1, 0.15) is 34.5 Å². The number of halogens is 5. The van der Waals surface area contributed by atoms with Crippen LogP contribution in [0.5, 0.6) is 0 Å². The number of aromatic nitrogens is 7. The van der Waals surface area contributed by atoms with E-state index in [9.17, 15) is 80.9 Å². The van der Waals surface area contributed by atoms with Crippen molar-refractivity contribution in [2.75, 3.05) is 69.4 Å². The van der Waals surface area contributed by atoms with Gasteiger partial charge in [0.15, 0.2) is 31.6 Å². The highest BCUT2D eigenvalue weighted by Crippen LogP contribution is 2.38. The summed E-state index contributed by atoms with van der Waals surface area (Å²) >= 11 is 8.43. The molecule has 2 fully saturated rings. The van der Waals surface area contributed by atoms with Crippen molar-refractivity contribution in [2.24, 2.45) is 11.8 Å². The van der Waals surface area contributed by atoms with E-state index in [0.717, 1.165) is 46.4 Å². The van der Waals surface area contributed by atoms with Gasteiger partial charge in [-0.25, -0.2) is 47.1 Å². The number of aliphatic carboxylic acids is 1. The number of benzene rings is 8. The van der Waals surface area contributed by atoms with Crippen LogP contribution in [0, 0.1) is 55.3 Å². The van der Waals surface area contributed by atoms with Crippen molar-refractivity contribution in [3.63, 3.8) is 0 Å². The summed E-state index contributed by atoms with van der Waals surface area (Å²) < 4.78 is 76.6. The number of rotatable bonds is 15. The van der Waals surface area contributed by atoms with E-state index in [4.69, 9.17) is 26.0 Å². The van der Waals surface area contributed by atoms with Crippen molar-refractivity contribution in [1.29, 1.82) is 0 Å². The number of hydrogen-bond acceptors (Lipinski definition) is 25. The van der Waals surface area contributed by atoms with Crippen molar-refractivity contribution < 1.29 is 85.1 Å². The molecule has 8 aromatic carbocycles. The Morgan fingerprint density at radius 3 is 1.28 bits per heavy atom. The Kier molecular flexibility index (Phi) is 30.8. The summed E-state index contributed by atoms with van der Waals surface area (Å²) in [7, 11) is 4.49. The Hall–Kier alpha value is -14.2. The number of piperidine rings is 2. The number of nitro benzene ring substituents is 2. The third-order valence-corrected chi connectivity index (χ3v) is 25.0. The Morgan fingerprint density at radius 2 is 0.880 bits per heavy atom. The van der Waals surface area contributed by atoms with E-state index in [1.54, 1.807) is 76.1 Å². The van der Waals surface area contributed by atoms with Gasteiger partial charge in [-0.05, 0) is 182 Å². The quantitative estimate of drug-likeness (QED) is 0.0125. The van der Waals surface area contributed by atoms with Crippen LogP contribution in [0.2, 0.25) is 0 Å². The van der Waals surface area contributed by atoms with Crippen LogP contribution in [0.1, 0.15) is 132 Å². The number of ether oxygens (including phenoxy) is 2. The first-order chi connectivity index (χ1) is 63.1. The molecule has 0 aliphatic carbocycles. The van der Waals surface area contributed by atoms with Crippen LogP contribution in [-0.2, 0) is 19.1 Å². The van der Waals surface area contributed by atoms with Crippen LogP contribution in [0.4, 0.5) is 55.0 Å². The second kappa shape index (κ2) is 41.9. The van der Waals surface area contributed by atoms with Gasteiger partial charge in [0.25, 0.3) is 29.1 Å². The number of nitrogen functional groups attached to an aromatic ring is 2. The molecule has 2 aliphatic rings. The zero-order valence-corrected chi connectivity index (χ0v) is 77.8. The van der Waals surface area contributed by atoms with E-state index in [1.807, 2.05) is 86.7 Å². The summed E-state index contributed by atoms with van der Waals surface area (Å²) in [6.07, 6.45) is 7.03. The number of ketones is 2. The van der Waals surface area contributed by atoms with Gasteiger partial charge in [0.2, 0.25) is 5.91 Å². The number of nitrogens with one attached hydrogen (secondary N) is 4. The van der Waals surface area contributed by atoms with Crippen molar-refractivity contribution >= 4 is 198 Å². The van der Waals surface area contributed by atoms with E-state index in [2.05, 4.69) is 57.1 Å². The van der Waals surface area contributed by atoms with E-state index in [-0.39, 0.29) is 104 Å². The first-order valence-corrected chi connectivity index (χ1v) is 45.4. The highest BCUT2D eigenvalue weighted by Gasteiger charge is 2.33. The lowest BCUT2D eigenvalue weighted by atomic mass is 9.96. The largest absolute Gasteiger partial charge is 0.481 e. The molecular formula is C91H88BrF4N17O16S4. The molecule has 0 atom stereocenters. The first kappa shape index (κ1) is 97.8. The zero-order chi connectivity index (χ0) is 96.4. The van der Waals surface area contributed by atoms with Crippen molar-refractivity contribution in [2.45, 2.75) is 91.8 Å². The molecule has 17 rings (SSSR count). The summed E-state index contributed by atoms with van der Waals surface area (Å²) in [5, 5.41) is 41.0. The molecule has 0 radical (unpaired) electrons. The predicted molar refractivity (Wildman–Crippen MR) is 506 cm³/mol. The second-order valence-corrected chi connectivity index (χ2v) is 36.7. The average molecular weight is 1960 g/mol. The number of carbonyl (C=O) groups is 9. The number of carboxylic acids is 1. The molecular weight excluding hydrogens is 1870 g/mol. The van der Waals surface area contributed by atoms with E-state index >= 15 is 0 Å². The Bertz CT molecular complexity index is 7040. The number of non-ortho nitro benzene ring substituents is 2. The number of fused-ring (bicyclic) bond motifs is 10. The SMILES string of the molecule is CC(C)(C)OC(=O)N1CCC(C(=O)O)CC1.CCC(=O)c1ccc(C(=O)CBr)c(F)c1.CNC(=O)c1ccc(-c2cn3c(n2)sc2cc(N)ccc23)c(F)c1.CNC(=O)c1ccc(-c2cn3c(n2)sc2cc(NC(=O)C4CCN(C(=O)OC(C)(C)C)CC4)ccc23)c(F)c1.CNC(=O)c1ccc(-c2cn3c(n2)sc2cc([N+](=O)[O-])ccc23)c(F)c1.Nc1nc2ccc([N+](=O)[O-])cc2s1. The van der Waals surface area contributed by atoms with E-state index in [0.29, 0.717) is 124 Å². The zero-order valence-electron chi connectivity index (χ0n) is 73.0. The molecule has 133 heavy (non-hydrogen) atoms. The first-order valence-electron chi connectivity index (χ1n) is 41.1. The molecule has 692 valence electrons. The lowest BCUT2D eigenvalue weighted by Gasteiger charge is -2.32. The maximum atomic E-state index is 14.7. The minimum atomic E-state index is -0.774. The van der Waals surface area contributed by atoms with E-state index in [1.165, 1.54) is 133 Å². The summed E-state index contributed by atoms with van der Waals surface area (Å²) in [5.41, 5.74) is 18.4. The minimum absolute atomic E-state index is 0.0121. The predicted octanol–water partition coefficient (Wildman–Crippen LogP) is 18.7. The lowest BCUT2D eigenvalue weighted by Crippen LogP contribution is -2.43. The van der Waals surface area contributed by atoms with Crippen LogP contribution in [-0.4, -0.2) is 175 Å². The fraction of sp³-hybridized carbons (Fsp3) is 0.264. The lowest BCUT2D eigenvalue weighted by molar-refractivity contribution is -0.384. The standard InChI is InChI=1S/C28H30FN5O4S.C17H11FN4O3S.C17H13FN4OS.C11H10BrFO2.C11H19NO4.C7H5N3O2S/c1-28(2,3)38-27(37)33-11-9-16(10-12-33)25(36)31-18-6-8-22-23(14-18)39-26-32-21(15-34(22)26)19-7-5-17(13-20(19)29)24(35)30-4;1-19-16(23)9-2-4-11(12(18)6-9)13-8-21-14-5-3-10(22(24)25)7-15(14)26-17(21)20-13;1-20-16(23)9-2-4-11(12(18)6-9)13-8-22-14-5-3-10(19)7-15(14)24-17(22)21-13;1-2-10(14)7-3-4-8(9(13)5-7)11(15)6-12;1-11(2,3)16-10(15)12-6-4-8(5-7-12)9(13)14;8-7-9-5-2-1-4(10(11)12)3-6(5)13-7/h5-8,13-16H,9-12H2,1-4H3,(H,30,35)(H,31,36);2-8H,1H3,(H,19,23);2-8H,19H2,1H3,(H,20,23);3-5H,2,6H2,1H3;8H,4-7H2,1-3H3,(H,13,14);1-3H,(H2,8,9). The molecule has 42 heteroatoms. The number of Topliss-reactive ketones (excluding diaryl/α,β-unsaturated/α-hetero) is 2. The van der Waals surface area contributed by atoms with Crippen molar-refractivity contribution in [3.05, 3.63) is 235 Å². The van der Waals surface area contributed by atoms with Gasteiger partial charge < -0.3 is 57.1 Å². The van der Waals surface area contributed by atoms with Crippen molar-refractivity contribution in [1.82, 2.24) is 58.9 Å². The van der Waals surface area contributed by atoms with E-state index < -0.39 is 50.3 Å². The number of hydrogen-bond donors (Lipinski definition) is 7. The molecule has 7 aromatic heterocycles. The fourth-order valence-electron chi connectivity index (χ4n) is 13.9. The number of likely N-dealkylation sites (tertiary alicyclic amines) is 2. The molecule has 0 saturated carbocycles. The summed E-state index contributed by atoms with van der Waals surface area (Å²) in [5.74, 6) is -5.05. The number of nitro groups is 2. The van der Waals surface area contributed by atoms with Crippen molar-refractivity contribution in [3.8, 4) is 33.8 Å². The third-order valence-electron chi connectivity index (χ3n) is 20.6. The van der Waals surface area contributed by atoms with Gasteiger partial charge in [-0.15, -0.1) is 0 Å². The van der Waals surface area contributed by atoms with Crippen LogP contribution in [0.25, 0.3) is 89.5 Å². The topological polar surface area (TPSA) is 450 Å². The molecule has 0 unspecified atom stereocenters. The maximum absolute atomic E-state index is 14.7. The molecule has 6 amide bonds. The van der Waals surface area contributed by atoms with Gasteiger partial charge in [0.05, 0.1) is 84.6 Å². The maximum Gasteiger partial charge on any atom is 0.410 e. The Labute approximate surface area is 779 Å². The van der Waals surface area contributed by atoms with Crippen LogP contribution >= 0.6 is 61.3 Å². The van der Waals surface area contributed by atoms with Gasteiger partial charge in [-0.3, -0.25) is 67.0 Å². The van der Waals surface area contributed by atoms with Gasteiger partial charge in [0, 0.05) is 153 Å². The molecule has 9 N–H and O–H groups in total. The Morgan fingerprint density at radius 1 is 0.489 bits per heavy atom.